The zero-order valence-electron chi connectivity index (χ0n) is 21.4. The van der Waals surface area contributed by atoms with E-state index in [1.165, 1.54) is 11.1 Å². The molecule has 0 spiro atoms. The van der Waals surface area contributed by atoms with E-state index < -0.39 is 6.04 Å². The van der Waals surface area contributed by atoms with Crippen LogP contribution in [0.15, 0.2) is 51.9 Å². The van der Waals surface area contributed by atoms with E-state index in [9.17, 15) is 14.9 Å². The molecule has 1 saturated heterocycles. The van der Waals surface area contributed by atoms with Crippen LogP contribution in [0.25, 0.3) is 11.0 Å². The Morgan fingerprint density at radius 3 is 2.76 bits per heavy atom. The van der Waals surface area contributed by atoms with Crippen LogP contribution in [0.5, 0.6) is 0 Å². The Morgan fingerprint density at radius 2 is 1.97 bits per heavy atom. The second-order valence-electron chi connectivity index (χ2n) is 9.42. The average Bonchev–Trinajstić information content (AvgIpc) is 3.16. The van der Waals surface area contributed by atoms with E-state index in [1.54, 1.807) is 4.90 Å². The minimum atomic E-state index is -0.696. The maximum atomic E-state index is 13.3. The van der Waals surface area contributed by atoms with Crippen LogP contribution in [0, 0.1) is 32.2 Å². The number of carbonyl (C=O) groups is 2. The summed E-state index contributed by atoms with van der Waals surface area (Å²) in [6.07, 6.45) is 4.00. The van der Waals surface area contributed by atoms with Gasteiger partial charge < -0.3 is 20.0 Å². The van der Waals surface area contributed by atoms with Gasteiger partial charge in [0.1, 0.15) is 17.4 Å². The third kappa shape index (κ3) is 6.67. The molecule has 3 aromatic rings. The Hall–Kier alpha value is -4.32. The summed E-state index contributed by atoms with van der Waals surface area (Å²) in [4.78, 5) is 32.1. The fraction of sp³-hybridized carbons (Fsp3) is 0.357. The van der Waals surface area contributed by atoms with Crippen LogP contribution in [0.4, 0.5) is 5.69 Å². The van der Waals surface area contributed by atoms with Gasteiger partial charge in [-0.25, -0.2) is 4.99 Å². The predicted molar refractivity (Wildman–Crippen MR) is 143 cm³/mol. The lowest BCUT2D eigenvalue weighted by Gasteiger charge is -2.22. The number of nitrogens with zero attached hydrogens (tertiary/aromatic N) is 3. The third-order valence-electron chi connectivity index (χ3n) is 6.51. The number of aryl methyl sites for hydroxylation is 3. The molecule has 0 radical (unpaired) electrons. The molecule has 1 aliphatic rings. The van der Waals surface area contributed by atoms with Crippen LogP contribution in [0.3, 0.4) is 0 Å². The van der Waals surface area contributed by atoms with Crippen molar-refractivity contribution >= 4 is 34.4 Å². The molecule has 1 aromatic heterocycles. The second kappa shape index (κ2) is 11.6. The Balaban J connectivity index is 1.42. The van der Waals surface area contributed by atoms with Gasteiger partial charge in [-0.15, -0.1) is 0 Å². The van der Waals surface area contributed by atoms with Crippen molar-refractivity contribution in [3.05, 3.63) is 64.9 Å². The van der Waals surface area contributed by atoms with Crippen LogP contribution in [0.1, 0.15) is 41.7 Å². The quantitative estimate of drug-likeness (QED) is 0.204. The zero-order chi connectivity index (χ0) is 26.4. The SMILES string of the molecule is Cc1cc2cc(NC(=NC3CCCCN(CC(=O)NCc4ccc(C)c(C)c4)C3=O)NC#N)ccc2o1. The summed E-state index contributed by atoms with van der Waals surface area (Å²) in [5.74, 6) is 0.548. The van der Waals surface area contributed by atoms with Gasteiger partial charge in [-0.05, 0) is 81.0 Å². The van der Waals surface area contributed by atoms with Gasteiger partial charge in [0.25, 0.3) is 0 Å². The molecule has 2 aromatic carbocycles. The van der Waals surface area contributed by atoms with Crippen LogP contribution in [-0.2, 0) is 16.1 Å². The molecule has 4 rings (SSSR count). The first kappa shape index (κ1) is 25.8. The molecule has 1 atom stereocenters. The molecular formula is C28H32N6O3. The van der Waals surface area contributed by atoms with Crippen molar-refractivity contribution in [2.75, 3.05) is 18.4 Å². The summed E-state index contributed by atoms with van der Waals surface area (Å²) >= 11 is 0. The first-order valence-electron chi connectivity index (χ1n) is 12.4. The number of guanidine groups is 1. The maximum Gasteiger partial charge on any atom is 0.247 e. The van der Waals surface area contributed by atoms with Gasteiger partial charge in [-0.1, -0.05) is 18.2 Å². The van der Waals surface area contributed by atoms with Crippen molar-refractivity contribution in [2.24, 2.45) is 4.99 Å². The maximum absolute atomic E-state index is 13.3. The van der Waals surface area contributed by atoms with E-state index in [0.717, 1.165) is 35.1 Å². The monoisotopic (exact) mass is 500 g/mol. The molecule has 37 heavy (non-hydrogen) atoms. The third-order valence-corrected chi connectivity index (χ3v) is 6.51. The van der Waals surface area contributed by atoms with Gasteiger partial charge in [-0.2, -0.15) is 5.26 Å². The van der Waals surface area contributed by atoms with Crippen LogP contribution >= 0.6 is 0 Å². The van der Waals surface area contributed by atoms with Gasteiger partial charge in [-0.3, -0.25) is 14.9 Å². The Bertz CT molecular complexity index is 1370. The number of fused-ring (bicyclic) bond motifs is 1. The van der Waals surface area contributed by atoms with Crippen molar-refractivity contribution in [3.8, 4) is 6.19 Å². The van der Waals surface area contributed by atoms with E-state index in [4.69, 9.17) is 4.42 Å². The molecule has 9 heteroatoms. The fourth-order valence-electron chi connectivity index (χ4n) is 4.40. The molecule has 9 nitrogen and oxygen atoms in total. The van der Waals surface area contributed by atoms with E-state index in [0.29, 0.717) is 25.2 Å². The summed E-state index contributed by atoms with van der Waals surface area (Å²) in [6.45, 7) is 6.84. The molecule has 1 unspecified atom stereocenters. The summed E-state index contributed by atoms with van der Waals surface area (Å²) < 4.78 is 5.61. The number of hydrogen-bond acceptors (Lipinski definition) is 5. The Kier molecular flexibility index (Phi) is 8.08. The van der Waals surface area contributed by atoms with Crippen molar-refractivity contribution in [2.45, 2.75) is 52.6 Å². The van der Waals surface area contributed by atoms with Crippen molar-refractivity contribution in [1.82, 2.24) is 15.5 Å². The highest BCUT2D eigenvalue weighted by atomic mass is 16.3. The number of nitrogens with one attached hydrogen (secondary N) is 3. The lowest BCUT2D eigenvalue weighted by Crippen LogP contribution is -2.44. The number of anilines is 1. The highest BCUT2D eigenvalue weighted by Crippen LogP contribution is 2.23. The number of benzene rings is 2. The van der Waals surface area contributed by atoms with E-state index in [2.05, 4.69) is 27.0 Å². The van der Waals surface area contributed by atoms with E-state index in [-0.39, 0.29) is 24.3 Å². The lowest BCUT2D eigenvalue weighted by molar-refractivity contribution is -0.136. The zero-order valence-corrected chi connectivity index (χ0v) is 21.4. The highest BCUT2D eigenvalue weighted by molar-refractivity contribution is 5.98. The molecule has 192 valence electrons. The van der Waals surface area contributed by atoms with E-state index >= 15 is 0 Å². The van der Waals surface area contributed by atoms with E-state index in [1.807, 2.05) is 63.4 Å². The summed E-state index contributed by atoms with van der Waals surface area (Å²) in [7, 11) is 0. The molecule has 2 amide bonds. The van der Waals surface area contributed by atoms with Crippen molar-refractivity contribution in [3.63, 3.8) is 0 Å². The largest absolute Gasteiger partial charge is 0.461 e. The van der Waals surface area contributed by atoms with Crippen LogP contribution < -0.4 is 16.0 Å². The van der Waals surface area contributed by atoms with Gasteiger partial charge >= 0.3 is 0 Å². The average molecular weight is 501 g/mol. The summed E-state index contributed by atoms with van der Waals surface area (Å²) in [5, 5.41) is 18.7. The van der Waals surface area contributed by atoms with Gasteiger partial charge in [0.15, 0.2) is 6.19 Å². The van der Waals surface area contributed by atoms with Gasteiger partial charge in [0.2, 0.25) is 17.8 Å². The predicted octanol–water partition coefficient (Wildman–Crippen LogP) is 3.89. The Labute approximate surface area is 216 Å². The minimum absolute atomic E-state index is 0.0271. The molecule has 0 bridgehead atoms. The van der Waals surface area contributed by atoms with Crippen molar-refractivity contribution in [1.29, 1.82) is 5.26 Å². The van der Waals surface area contributed by atoms with Crippen LogP contribution in [-0.4, -0.2) is 41.8 Å². The molecule has 2 heterocycles. The summed E-state index contributed by atoms with van der Waals surface area (Å²) in [6, 6.07) is 12.9. The lowest BCUT2D eigenvalue weighted by atomic mass is 10.1. The number of furan rings is 1. The smallest absolute Gasteiger partial charge is 0.247 e. The molecule has 1 aliphatic heterocycles. The van der Waals surface area contributed by atoms with Crippen LogP contribution in [0.2, 0.25) is 0 Å². The number of nitriles is 1. The standard InChI is InChI=1S/C28H32N6O3/c1-18-7-8-21(12-19(18)2)15-30-26(35)16-34-11-5-4-6-24(27(34)36)33-28(31-17-29)32-23-9-10-25-22(14-23)13-20(3)37-25/h7-10,12-14,24H,4-6,11,15-16H2,1-3H3,(H,30,35)(H2,31,32,33). The molecule has 0 aliphatic carbocycles. The Morgan fingerprint density at radius 1 is 1.14 bits per heavy atom. The topological polar surface area (TPSA) is 123 Å². The highest BCUT2D eigenvalue weighted by Gasteiger charge is 2.28. The van der Waals surface area contributed by atoms with Gasteiger partial charge in [0.05, 0.1) is 6.54 Å². The molecule has 1 fully saturated rings. The number of carbonyl (C=O) groups excluding carboxylic acids is 2. The number of likely N-dealkylation sites (tertiary alicyclic amines) is 1. The second-order valence-corrected chi connectivity index (χ2v) is 9.42. The minimum Gasteiger partial charge on any atom is -0.461 e. The first-order chi connectivity index (χ1) is 17.8. The summed E-state index contributed by atoms with van der Waals surface area (Å²) in [5.41, 5.74) is 4.86. The number of amides is 2. The number of aliphatic imine (C=N–C) groups is 1. The molecule has 0 saturated carbocycles. The van der Waals surface area contributed by atoms with Crippen molar-refractivity contribution < 1.29 is 14.0 Å². The number of rotatable bonds is 6. The fourth-order valence-corrected chi connectivity index (χ4v) is 4.40. The molecule has 3 N–H and O–H groups in total. The normalized spacial score (nSPS) is 16.3. The molecular weight excluding hydrogens is 468 g/mol. The van der Waals surface area contributed by atoms with Gasteiger partial charge in [0, 0.05) is 24.2 Å². The number of hydrogen-bond donors (Lipinski definition) is 3. The first-order valence-corrected chi connectivity index (χ1v) is 12.4.